The first kappa shape index (κ1) is 12.7. The van der Waals surface area contributed by atoms with Gasteiger partial charge in [0.1, 0.15) is 0 Å². The first-order chi connectivity index (χ1) is 8.21. The summed E-state index contributed by atoms with van der Waals surface area (Å²) in [5.41, 5.74) is -2.54. The second-order valence-electron chi connectivity index (χ2n) is 3.70. The predicted octanol–water partition coefficient (Wildman–Crippen LogP) is 4.88. The smallest absolute Gasteiger partial charge is 0.166 e. The molecule has 0 aliphatic carbocycles. The Morgan fingerprint density at radius 2 is 1.00 bits per heavy atom. The molecule has 0 amide bonds. The molecule has 96 valence electrons. The van der Waals surface area contributed by atoms with Crippen molar-refractivity contribution in [2.75, 3.05) is 0 Å². The molecule has 0 spiro atoms. The third-order valence-electron chi connectivity index (χ3n) is 2.52. The highest BCUT2D eigenvalue weighted by atomic mass is 19.4. The van der Waals surface area contributed by atoms with Crippen molar-refractivity contribution in [2.24, 2.45) is 0 Å². The fraction of sp³-hybridized carbons (Fsp3) is 0.167. The molecule has 0 unspecified atom stereocenters. The van der Waals surface area contributed by atoms with E-state index in [1.54, 1.807) is 0 Å². The molecule has 0 heterocycles. The quantitative estimate of drug-likeness (QED) is 0.595. The molecule has 0 saturated carbocycles. The Labute approximate surface area is 97.8 Å². The summed E-state index contributed by atoms with van der Waals surface area (Å²) in [6.07, 6.45) is -9.64. The summed E-state index contributed by atoms with van der Waals surface area (Å²) in [6, 6.07) is 5.92. The van der Waals surface area contributed by atoms with Gasteiger partial charge in [-0.25, -0.2) is 0 Å². The van der Waals surface area contributed by atoms with Crippen molar-refractivity contribution in [3.63, 3.8) is 0 Å². The van der Waals surface area contributed by atoms with Crippen molar-refractivity contribution < 1.29 is 26.3 Å². The molecule has 18 heavy (non-hydrogen) atoms. The Balaban J connectivity index is 2.90. The minimum absolute atomic E-state index is 0.0837. The Kier molecular flexibility index (Phi) is 2.76. The van der Waals surface area contributed by atoms with Crippen LogP contribution in [-0.4, -0.2) is 0 Å². The van der Waals surface area contributed by atoms with Crippen molar-refractivity contribution in [2.45, 2.75) is 12.4 Å². The molecule has 0 aliphatic rings. The fourth-order valence-electron chi connectivity index (χ4n) is 1.81. The van der Waals surface area contributed by atoms with Crippen LogP contribution in [0.1, 0.15) is 11.1 Å². The topological polar surface area (TPSA) is 0 Å². The van der Waals surface area contributed by atoms with Gasteiger partial charge in [-0.05, 0) is 17.5 Å². The van der Waals surface area contributed by atoms with Crippen molar-refractivity contribution >= 4 is 10.8 Å². The summed E-state index contributed by atoms with van der Waals surface area (Å²) < 4.78 is 76.3. The van der Waals surface area contributed by atoms with Crippen molar-refractivity contribution in [1.29, 1.82) is 0 Å². The highest BCUT2D eigenvalue weighted by Crippen LogP contribution is 2.41. The van der Waals surface area contributed by atoms with Gasteiger partial charge in [0.2, 0.25) is 0 Å². The highest BCUT2D eigenvalue weighted by molar-refractivity contribution is 5.89. The first-order valence-electron chi connectivity index (χ1n) is 4.87. The molecule has 0 aliphatic heterocycles. The SMILES string of the molecule is FC(F)(F)c1cccc2cccc(C(F)(F)F)c12. The average molecular weight is 264 g/mol. The van der Waals surface area contributed by atoms with E-state index in [9.17, 15) is 26.3 Å². The lowest BCUT2D eigenvalue weighted by Gasteiger charge is -2.15. The van der Waals surface area contributed by atoms with Gasteiger partial charge in [0, 0.05) is 5.39 Å². The maximum atomic E-state index is 12.7. The zero-order valence-corrected chi connectivity index (χ0v) is 8.73. The van der Waals surface area contributed by atoms with Gasteiger partial charge in [0.15, 0.2) is 0 Å². The van der Waals surface area contributed by atoms with Crippen LogP contribution in [0.15, 0.2) is 36.4 Å². The van der Waals surface area contributed by atoms with Gasteiger partial charge in [-0.1, -0.05) is 24.3 Å². The zero-order chi connectivity index (χ0) is 13.6. The standard InChI is InChI=1S/C12H6F6/c13-11(14,15)8-5-1-3-7-4-2-6-9(10(7)8)12(16,17)18/h1-6H. The van der Waals surface area contributed by atoms with Crippen LogP contribution in [0.25, 0.3) is 10.8 Å². The van der Waals surface area contributed by atoms with Crippen molar-refractivity contribution in [3.8, 4) is 0 Å². The van der Waals surface area contributed by atoms with Crippen LogP contribution in [0.5, 0.6) is 0 Å². The van der Waals surface area contributed by atoms with E-state index in [0.717, 1.165) is 12.1 Å². The van der Waals surface area contributed by atoms with E-state index in [0.29, 0.717) is 12.1 Å². The molecule has 6 heteroatoms. The molecule has 0 bridgehead atoms. The number of alkyl halides is 6. The van der Waals surface area contributed by atoms with E-state index in [4.69, 9.17) is 0 Å². The number of fused-ring (bicyclic) bond motifs is 1. The third-order valence-corrected chi connectivity index (χ3v) is 2.52. The van der Waals surface area contributed by atoms with E-state index in [1.807, 2.05) is 0 Å². The van der Waals surface area contributed by atoms with E-state index in [-0.39, 0.29) is 5.39 Å². The van der Waals surface area contributed by atoms with E-state index >= 15 is 0 Å². The van der Waals surface area contributed by atoms with Crippen molar-refractivity contribution in [3.05, 3.63) is 47.5 Å². The molecule has 2 rings (SSSR count). The maximum absolute atomic E-state index is 12.7. The monoisotopic (exact) mass is 264 g/mol. The van der Waals surface area contributed by atoms with Crippen LogP contribution in [-0.2, 0) is 12.4 Å². The van der Waals surface area contributed by atoms with Gasteiger partial charge in [-0.2, -0.15) is 26.3 Å². The number of hydrogen-bond acceptors (Lipinski definition) is 0. The zero-order valence-electron chi connectivity index (χ0n) is 8.73. The van der Waals surface area contributed by atoms with Gasteiger partial charge in [0.25, 0.3) is 0 Å². The summed E-state index contributed by atoms with van der Waals surface area (Å²) in [6.45, 7) is 0. The largest absolute Gasteiger partial charge is 0.417 e. The minimum Gasteiger partial charge on any atom is -0.166 e. The summed E-state index contributed by atoms with van der Waals surface area (Å²) in [4.78, 5) is 0. The molecule has 2 aromatic carbocycles. The Hall–Kier alpha value is -1.72. The average Bonchev–Trinajstić information content (AvgIpc) is 2.24. The van der Waals surface area contributed by atoms with Gasteiger partial charge in [0.05, 0.1) is 11.1 Å². The molecule has 0 fully saturated rings. The Bertz CT molecular complexity index is 530. The lowest BCUT2D eigenvalue weighted by atomic mass is 9.98. The molecule has 0 nitrogen and oxygen atoms in total. The first-order valence-corrected chi connectivity index (χ1v) is 4.87. The molecule has 0 aromatic heterocycles. The fourth-order valence-corrected chi connectivity index (χ4v) is 1.81. The number of halogens is 6. The highest BCUT2D eigenvalue weighted by Gasteiger charge is 2.38. The van der Waals surface area contributed by atoms with Crippen LogP contribution in [0, 0.1) is 0 Å². The third kappa shape index (κ3) is 2.14. The lowest BCUT2D eigenvalue weighted by Crippen LogP contribution is -2.11. The maximum Gasteiger partial charge on any atom is 0.417 e. The van der Waals surface area contributed by atoms with Crippen LogP contribution >= 0.6 is 0 Å². The second kappa shape index (κ2) is 3.90. The summed E-state index contributed by atoms with van der Waals surface area (Å²) >= 11 is 0. The predicted molar refractivity (Wildman–Crippen MR) is 54.0 cm³/mol. The Morgan fingerprint density at radius 3 is 1.33 bits per heavy atom. The van der Waals surface area contributed by atoms with Gasteiger partial charge in [-0.3, -0.25) is 0 Å². The van der Waals surface area contributed by atoms with Gasteiger partial charge >= 0.3 is 12.4 Å². The molecule has 0 N–H and O–H groups in total. The minimum atomic E-state index is -4.82. The summed E-state index contributed by atoms with van der Waals surface area (Å²) in [5, 5.41) is -0.889. The molecule has 0 atom stereocenters. The van der Waals surface area contributed by atoms with Crippen LogP contribution in [0.4, 0.5) is 26.3 Å². The number of rotatable bonds is 0. The Morgan fingerprint density at radius 1 is 0.611 bits per heavy atom. The molecule has 2 aromatic rings. The summed E-state index contributed by atoms with van der Waals surface area (Å²) in [7, 11) is 0. The van der Waals surface area contributed by atoms with Crippen molar-refractivity contribution in [1.82, 2.24) is 0 Å². The molecular formula is C12H6F6. The van der Waals surface area contributed by atoms with Crippen LogP contribution in [0.3, 0.4) is 0 Å². The van der Waals surface area contributed by atoms with E-state index < -0.39 is 28.9 Å². The summed E-state index contributed by atoms with van der Waals surface area (Å²) in [5.74, 6) is 0. The number of benzene rings is 2. The van der Waals surface area contributed by atoms with Gasteiger partial charge in [-0.15, -0.1) is 0 Å². The molecular weight excluding hydrogens is 258 g/mol. The number of hydrogen-bond donors (Lipinski definition) is 0. The normalized spacial score (nSPS) is 13.0. The van der Waals surface area contributed by atoms with Crippen LogP contribution < -0.4 is 0 Å². The second-order valence-corrected chi connectivity index (χ2v) is 3.70. The van der Waals surface area contributed by atoms with E-state index in [1.165, 1.54) is 12.1 Å². The van der Waals surface area contributed by atoms with E-state index in [2.05, 4.69) is 0 Å². The molecule has 0 saturated heterocycles. The van der Waals surface area contributed by atoms with Crippen LogP contribution in [0.2, 0.25) is 0 Å². The van der Waals surface area contributed by atoms with Gasteiger partial charge < -0.3 is 0 Å². The molecule has 0 radical (unpaired) electrons. The lowest BCUT2D eigenvalue weighted by molar-refractivity contribution is -0.140.